The Bertz CT molecular complexity index is 1240. The van der Waals surface area contributed by atoms with E-state index in [2.05, 4.69) is 71.7 Å². The smallest absolute Gasteiger partial charge is 0.274 e. The molecule has 0 saturated heterocycles. The molecule has 4 rings (SSSR count). The van der Waals surface area contributed by atoms with Crippen LogP contribution in [0.15, 0.2) is 53.3 Å². The molecule has 0 atom stereocenters. The molecule has 2 aromatic carbocycles. The van der Waals surface area contributed by atoms with Gasteiger partial charge in [-0.25, -0.2) is 9.48 Å². The zero-order valence-corrected chi connectivity index (χ0v) is 20.2. The minimum Gasteiger partial charge on any atom is -0.274 e. The molecule has 0 radical (unpaired) electrons. The largest absolute Gasteiger partial charge is 0.346 e. The molecule has 2 heterocycles. The molecule has 0 aliphatic carbocycles. The summed E-state index contributed by atoms with van der Waals surface area (Å²) in [6.45, 7) is 7.58. The molecule has 4 aromatic rings. The molecule has 34 heavy (non-hydrogen) atoms. The average molecular weight is 460 g/mol. The van der Waals surface area contributed by atoms with Gasteiger partial charge in [-0.05, 0) is 34.2 Å². The van der Waals surface area contributed by atoms with E-state index in [0.717, 1.165) is 47.3 Å². The predicted molar refractivity (Wildman–Crippen MR) is 133 cm³/mol. The minimum absolute atomic E-state index is 0.0225. The highest BCUT2D eigenvalue weighted by Crippen LogP contribution is 2.29. The predicted octanol–water partition coefficient (Wildman–Crippen LogP) is 4.72. The summed E-state index contributed by atoms with van der Waals surface area (Å²) in [6.07, 6.45) is 5.45. The Morgan fingerprint density at radius 1 is 0.971 bits per heavy atom. The Hall–Kier alpha value is -3.55. The SMILES string of the molecule is CCCCCCc1nn(CC(C)C)c(=O)n1Cc1ccc(-c2ccccc2-c2nn[nH]n2)cc1. The van der Waals surface area contributed by atoms with Crippen LogP contribution in [0.25, 0.3) is 22.5 Å². The quantitative estimate of drug-likeness (QED) is 0.328. The Kier molecular flexibility index (Phi) is 7.67. The van der Waals surface area contributed by atoms with Gasteiger partial charge in [0.2, 0.25) is 5.82 Å². The molecule has 0 bridgehead atoms. The molecule has 0 aliphatic rings. The van der Waals surface area contributed by atoms with Gasteiger partial charge in [0.1, 0.15) is 5.82 Å². The summed E-state index contributed by atoms with van der Waals surface area (Å²) in [4.78, 5) is 13.1. The number of aromatic amines is 1. The molecule has 8 nitrogen and oxygen atoms in total. The lowest BCUT2D eigenvalue weighted by Gasteiger charge is -2.09. The molecular formula is C26H33N7O. The lowest BCUT2D eigenvalue weighted by molar-refractivity contribution is 0.465. The fourth-order valence-electron chi connectivity index (χ4n) is 4.18. The second kappa shape index (κ2) is 11.0. The van der Waals surface area contributed by atoms with Crippen LogP contribution in [-0.2, 0) is 19.5 Å². The van der Waals surface area contributed by atoms with Crippen molar-refractivity contribution in [3.63, 3.8) is 0 Å². The van der Waals surface area contributed by atoms with Crippen molar-refractivity contribution in [2.24, 2.45) is 5.92 Å². The van der Waals surface area contributed by atoms with Crippen LogP contribution in [0.3, 0.4) is 0 Å². The van der Waals surface area contributed by atoms with Gasteiger partial charge in [0.15, 0.2) is 0 Å². The number of rotatable bonds is 11. The molecule has 178 valence electrons. The molecule has 0 aliphatic heterocycles. The lowest BCUT2D eigenvalue weighted by atomic mass is 9.98. The van der Waals surface area contributed by atoms with Crippen molar-refractivity contribution in [2.45, 2.75) is 66.0 Å². The monoisotopic (exact) mass is 459 g/mol. The number of hydrogen-bond acceptors (Lipinski definition) is 5. The number of unbranched alkanes of at least 4 members (excludes halogenated alkanes) is 3. The summed E-state index contributed by atoms with van der Waals surface area (Å²) < 4.78 is 3.48. The van der Waals surface area contributed by atoms with Gasteiger partial charge in [0.05, 0.1) is 6.54 Å². The average Bonchev–Trinajstić information content (AvgIpc) is 3.47. The number of aromatic nitrogens is 7. The van der Waals surface area contributed by atoms with Gasteiger partial charge in [0, 0.05) is 18.5 Å². The van der Waals surface area contributed by atoms with Crippen molar-refractivity contribution < 1.29 is 0 Å². The first-order chi connectivity index (χ1) is 16.6. The van der Waals surface area contributed by atoms with Crippen molar-refractivity contribution in [3.05, 3.63) is 70.4 Å². The lowest BCUT2D eigenvalue weighted by Crippen LogP contribution is -2.27. The maximum atomic E-state index is 13.1. The van der Waals surface area contributed by atoms with Gasteiger partial charge in [0.25, 0.3) is 0 Å². The van der Waals surface area contributed by atoms with Crippen molar-refractivity contribution in [1.29, 1.82) is 0 Å². The number of hydrogen-bond donors (Lipinski definition) is 1. The van der Waals surface area contributed by atoms with Crippen LogP contribution in [-0.4, -0.2) is 35.0 Å². The van der Waals surface area contributed by atoms with Crippen LogP contribution in [0, 0.1) is 5.92 Å². The number of nitrogens with zero attached hydrogens (tertiary/aromatic N) is 6. The standard InChI is InChI=1S/C26H33N7O/c1-4-5-6-7-12-24-29-33(17-19(2)3)26(34)32(24)18-20-13-15-21(16-14-20)22-10-8-9-11-23(22)25-27-30-31-28-25/h8-11,13-16,19H,4-7,12,17-18H2,1-3H3,(H,27,28,30,31). The highest BCUT2D eigenvalue weighted by molar-refractivity contribution is 5.80. The summed E-state index contributed by atoms with van der Waals surface area (Å²) in [6, 6.07) is 16.3. The first-order valence-corrected chi connectivity index (χ1v) is 12.2. The number of tetrazole rings is 1. The Morgan fingerprint density at radius 3 is 2.41 bits per heavy atom. The van der Waals surface area contributed by atoms with E-state index in [1.165, 1.54) is 12.8 Å². The summed E-state index contributed by atoms with van der Waals surface area (Å²) in [5, 5.41) is 19.2. The van der Waals surface area contributed by atoms with Gasteiger partial charge >= 0.3 is 5.69 Å². The third-order valence-electron chi connectivity index (χ3n) is 5.91. The fourth-order valence-corrected chi connectivity index (χ4v) is 4.18. The highest BCUT2D eigenvalue weighted by atomic mass is 16.2. The van der Waals surface area contributed by atoms with Crippen LogP contribution in [0.2, 0.25) is 0 Å². The van der Waals surface area contributed by atoms with Crippen LogP contribution >= 0.6 is 0 Å². The van der Waals surface area contributed by atoms with Crippen LogP contribution in [0.4, 0.5) is 0 Å². The molecule has 0 spiro atoms. The van der Waals surface area contributed by atoms with Gasteiger partial charge in [-0.1, -0.05) is 88.6 Å². The number of nitrogens with one attached hydrogen (secondary N) is 1. The number of benzene rings is 2. The zero-order valence-electron chi connectivity index (χ0n) is 20.2. The topological polar surface area (TPSA) is 94.3 Å². The molecule has 0 amide bonds. The molecule has 1 N–H and O–H groups in total. The number of H-pyrrole nitrogens is 1. The van der Waals surface area contributed by atoms with Gasteiger partial charge in [-0.3, -0.25) is 4.57 Å². The second-order valence-electron chi connectivity index (χ2n) is 9.15. The Morgan fingerprint density at radius 2 is 1.74 bits per heavy atom. The summed E-state index contributed by atoms with van der Waals surface area (Å²) >= 11 is 0. The zero-order chi connectivity index (χ0) is 23.9. The van der Waals surface area contributed by atoms with Gasteiger partial charge in [-0.2, -0.15) is 10.3 Å². The minimum atomic E-state index is -0.0225. The normalized spacial score (nSPS) is 11.4. The first-order valence-electron chi connectivity index (χ1n) is 12.2. The van der Waals surface area contributed by atoms with Crippen molar-refractivity contribution >= 4 is 0 Å². The van der Waals surface area contributed by atoms with E-state index in [1.807, 2.05) is 22.8 Å². The van der Waals surface area contributed by atoms with Crippen LogP contribution in [0.5, 0.6) is 0 Å². The van der Waals surface area contributed by atoms with Gasteiger partial charge in [-0.15, -0.1) is 10.2 Å². The molecule has 0 fully saturated rings. The molecule has 8 heteroatoms. The van der Waals surface area contributed by atoms with Crippen molar-refractivity contribution in [1.82, 2.24) is 35.0 Å². The highest BCUT2D eigenvalue weighted by Gasteiger charge is 2.15. The third kappa shape index (κ3) is 5.50. The van der Waals surface area contributed by atoms with E-state index < -0.39 is 0 Å². The van der Waals surface area contributed by atoms with E-state index in [4.69, 9.17) is 5.10 Å². The maximum Gasteiger partial charge on any atom is 0.346 e. The van der Waals surface area contributed by atoms with E-state index in [-0.39, 0.29) is 5.69 Å². The van der Waals surface area contributed by atoms with E-state index in [0.29, 0.717) is 24.8 Å². The summed E-state index contributed by atoms with van der Waals surface area (Å²) in [5.74, 6) is 1.82. The second-order valence-corrected chi connectivity index (χ2v) is 9.15. The van der Waals surface area contributed by atoms with Crippen molar-refractivity contribution in [2.75, 3.05) is 0 Å². The van der Waals surface area contributed by atoms with E-state index in [9.17, 15) is 4.79 Å². The summed E-state index contributed by atoms with van der Waals surface area (Å²) in [7, 11) is 0. The fraction of sp³-hybridized carbons (Fsp3) is 0.423. The van der Waals surface area contributed by atoms with Gasteiger partial charge < -0.3 is 0 Å². The first kappa shape index (κ1) is 23.6. The van der Waals surface area contributed by atoms with Crippen molar-refractivity contribution in [3.8, 4) is 22.5 Å². The summed E-state index contributed by atoms with van der Waals surface area (Å²) in [5.41, 5.74) is 4.07. The van der Waals surface area contributed by atoms with Crippen LogP contribution in [0.1, 0.15) is 57.8 Å². The van der Waals surface area contributed by atoms with Crippen LogP contribution < -0.4 is 5.69 Å². The Balaban J connectivity index is 1.58. The molecule has 0 unspecified atom stereocenters. The molecular weight excluding hydrogens is 426 g/mol. The Labute approximate surface area is 200 Å². The maximum absolute atomic E-state index is 13.1. The molecule has 2 aromatic heterocycles. The third-order valence-corrected chi connectivity index (χ3v) is 5.91. The number of aryl methyl sites for hydroxylation is 1. The van der Waals surface area contributed by atoms with E-state index >= 15 is 0 Å². The molecule has 0 saturated carbocycles. The van der Waals surface area contributed by atoms with E-state index in [1.54, 1.807) is 4.68 Å².